The molecule has 0 aliphatic heterocycles. The van der Waals surface area contributed by atoms with Crippen molar-refractivity contribution >= 4 is 30.0 Å². The molecule has 1 N–H and O–H groups in total. The van der Waals surface area contributed by atoms with Gasteiger partial charge in [-0.15, -0.1) is 5.10 Å². The van der Waals surface area contributed by atoms with Gasteiger partial charge >= 0.3 is 6.18 Å². The predicted octanol–water partition coefficient (Wildman–Crippen LogP) is 5.08. The maximum Gasteiger partial charge on any atom is 0.453 e. The molecule has 0 atom stereocenters. The van der Waals surface area contributed by atoms with Crippen LogP contribution < -0.4 is 9.47 Å². The molecule has 0 saturated heterocycles. The van der Waals surface area contributed by atoms with Gasteiger partial charge in [0.25, 0.3) is 5.82 Å². The molecule has 0 unspecified atom stereocenters. The summed E-state index contributed by atoms with van der Waals surface area (Å²) in [6, 6.07) is 11.8. The monoisotopic (exact) mass is 442 g/mol. The second kappa shape index (κ2) is 8.66. The normalized spacial score (nSPS) is 11.8. The molecule has 0 aliphatic carbocycles. The van der Waals surface area contributed by atoms with Crippen LogP contribution in [0.15, 0.2) is 47.6 Å². The van der Waals surface area contributed by atoms with Gasteiger partial charge in [0.05, 0.1) is 13.3 Å². The number of hydrogen-bond donors (Lipinski definition) is 1. The largest absolute Gasteiger partial charge is 0.496 e. The van der Waals surface area contributed by atoms with Crippen LogP contribution in [0.4, 0.5) is 13.2 Å². The van der Waals surface area contributed by atoms with Crippen molar-refractivity contribution in [3.05, 3.63) is 69.2 Å². The van der Waals surface area contributed by atoms with E-state index in [1.165, 1.54) is 13.3 Å². The summed E-state index contributed by atoms with van der Waals surface area (Å²) in [4.78, 5) is 0. The van der Waals surface area contributed by atoms with E-state index in [4.69, 9.17) is 33.3 Å². The van der Waals surface area contributed by atoms with Crippen molar-refractivity contribution in [3.8, 4) is 11.5 Å². The summed E-state index contributed by atoms with van der Waals surface area (Å²) < 4.78 is 50.2. The number of aromatic amines is 1. The molecule has 0 spiro atoms. The highest BCUT2D eigenvalue weighted by Gasteiger charge is 2.37. The quantitative estimate of drug-likeness (QED) is 0.427. The number of aromatic nitrogens is 3. The molecule has 2 aromatic carbocycles. The van der Waals surface area contributed by atoms with Gasteiger partial charge in [-0.2, -0.15) is 22.9 Å². The summed E-state index contributed by atoms with van der Waals surface area (Å²) in [5.41, 5.74) is 1.20. The Hall–Kier alpha value is -2.85. The average Bonchev–Trinajstić information content (AvgIpc) is 3.07. The number of hydrogen-bond acceptors (Lipinski definition) is 5. The summed E-state index contributed by atoms with van der Waals surface area (Å²) in [7, 11) is 1.51. The summed E-state index contributed by atoms with van der Waals surface area (Å²) in [6.45, 7) is 0.172. The van der Waals surface area contributed by atoms with Crippen LogP contribution in [0.2, 0.25) is 5.02 Å². The number of alkyl halides is 3. The summed E-state index contributed by atoms with van der Waals surface area (Å²) >= 11 is 10.7. The van der Waals surface area contributed by atoms with Gasteiger partial charge in [0.1, 0.15) is 18.1 Å². The van der Waals surface area contributed by atoms with Crippen molar-refractivity contribution in [2.24, 2.45) is 5.10 Å². The summed E-state index contributed by atoms with van der Waals surface area (Å²) in [5.74, 6) is -0.0689. The first kappa shape index (κ1) is 20.9. The molecule has 0 radical (unpaired) electrons. The number of methoxy groups -OCH3 is 1. The molecule has 1 heterocycles. The molecule has 152 valence electrons. The molecule has 3 rings (SSSR count). The lowest BCUT2D eigenvalue weighted by Gasteiger charge is -2.11. The van der Waals surface area contributed by atoms with Crippen LogP contribution in [0.25, 0.3) is 0 Å². The van der Waals surface area contributed by atoms with E-state index in [2.05, 4.69) is 15.3 Å². The van der Waals surface area contributed by atoms with Crippen molar-refractivity contribution in [1.29, 1.82) is 0 Å². The highest BCUT2D eigenvalue weighted by molar-refractivity contribution is 7.71. The number of benzene rings is 2. The van der Waals surface area contributed by atoms with Gasteiger partial charge in [-0.1, -0.05) is 11.6 Å². The third-order valence-electron chi connectivity index (χ3n) is 3.74. The lowest BCUT2D eigenvalue weighted by atomic mass is 10.1. The van der Waals surface area contributed by atoms with E-state index >= 15 is 0 Å². The number of rotatable bonds is 6. The Morgan fingerprint density at radius 3 is 2.62 bits per heavy atom. The first-order valence-electron chi connectivity index (χ1n) is 8.12. The van der Waals surface area contributed by atoms with E-state index < -0.39 is 12.0 Å². The second-order valence-electron chi connectivity index (χ2n) is 5.72. The SMILES string of the molecule is COc1ccc(/C=N\n2c(C(F)(F)F)n[nH]c2=S)cc1COc1ccc(Cl)cc1. The fourth-order valence-corrected chi connectivity index (χ4v) is 2.70. The third kappa shape index (κ3) is 5.15. The summed E-state index contributed by atoms with van der Waals surface area (Å²) in [5, 5.41) is 9.65. The van der Waals surface area contributed by atoms with Crippen molar-refractivity contribution in [3.63, 3.8) is 0 Å². The van der Waals surface area contributed by atoms with Gasteiger partial charge in [0, 0.05) is 10.6 Å². The van der Waals surface area contributed by atoms with Crippen molar-refractivity contribution in [2.45, 2.75) is 12.8 Å². The molecular weight excluding hydrogens is 429 g/mol. The van der Waals surface area contributed by atoms with Crippen molar-refractivity contribution in [1.82, 2.24) is 14.9 Å². The fourth-order valence-electron chi connectivity index (χ4n) is 2.39. The zero-order valence-corrected chi connectivity index (χ0v) is 16.5. The lowest BCUT2D eigenvalue weighted by molar-refractivity contribution is -0.147. The highest BCUT2D eigenvalue weighted by atomic mass is 35.5. The first-order valence-corrected chi connectivity index (χ1v) is 8.91. The van der Waals surface area contributed by atoms with Crippen molar-refractivity contribution < 1.29 is 22.6 Å². The number of ether oxygens (including phenoxy) is 2. The number of nitrogens with one attached hydrogen (secondary N) is 1. The molecule has 0 amide bonds. The molecule has 0 saturated carbocycles. The molecule has 29 heavy (non-hydrogen) atoms. The van der Waals surface area contributed by atoms with E-state index in [1.807, 2.05) is 0 Å². The third-order valence-corrected chi connectivity index (χ3v) is 4.25. The Kier molecular flexibility index (Phi) is 6.23. The molecule has 3 aromatic rings. The van der Waals surface area contributed by atoms with Crippen LogP contribution >= 0.6 is 23.8 Å². The molecular formula is C18H14ClF3N4O2S. The van der Waals surface area contributed by atoms with Gasteiger partial charge < -0.3 is 9.47 Å². The number of H-pyrrole nitrogens is 1. The number of nitrogens with zero attached hydrogens (tertiary/aromatic N) is 3. The minimum atomic E-state index is -4.69. The Balaban J connectivity index is 1.83. The molecule has 6 nitrogen and oxygen atoms in total. The first-order chi connectivity index (χ1) is 13.8. The van der Waals surface area contributed by atoms with Crippen LogP contribution in [-0.4, -0.2) is 28.2 Å². The maximum absolute atomic E-state index is 13.0. The molecule has 0 fully saturated rings. The van der Waals surface area contributed by atoms with Crippen LogP contribution in [0.5, 0.6) is 11.5 Å². The standard InChI is InChI=1S/C18H14ClF3N4O2S/c1-27-15-7-2-11(8-12(15)10-28-14-5-3-13(19)4-6-14)9-23-26-16(18(20,21)22)24-25-17(26)29/h2-9H,10H2,1H3,(H,25,29)/b23-9-. The minimum absolute atomic E-state index is 0.172. The predicted molar refractivity (Wildman–Crippen MR) is 104 cm³/mol. The Morgan fingerprint density at radius 1 is 1.24 bits per heavy atom. The fraction of sp³-hybridized carbons (Fsp3) is 0.167. The molecule has 0 aliphatic rings. The lowest BCUT2D eigenvalue weighted by Crippen LogP contribution is -2.12. The second-order valence-corrected chi connectivity index (χ2v) is 6.54. The zero-order valence-electron chi connectivity index (χ0n) is 14.9. The van der Waals surface area contributed by atoms with Crippen molar-refractivity contribution in [2.75, 3.05) is 7.11 Å². The number of halogens is 4. The van der Waals surface area contributed by atoms with Crippen LogP contribution in [0.3, 0.4) is 0 Å². The van der Waals surface area contributed by atoms with E-state index in [0.717, 1.165) is 0 Å². The van der Waals surface area contributed by atoms with Gasteiger partial charge in [0.2, 0.25) is 4.77 Å². The minimum Gasteiger partial charge on any atom is -0.496 e. The van der Waals surface area contributed by atoms with Crippen LogP contribution in [0, 0.1) is 4.77 Å². The highest BCUT2D eigenvalue weighted by Crippen LogP contribution is 2.27. The van der Waals surface area contributed by atoms with E-state index in [9.17, 15) is 13.2 Å². The van der Waals surface area contributed by atoms with E-state index in [1.54, 1.807) is 42.5 Å². The average molecular weight is 443 g/mol. The molecule has 11 heteroatoms. The topological polar surface area (TPSA) is 64.4 Å². The molecule has 1 aromatic heterocycles. The maximum atomic E-state index is 13.0. The summed E-state index contributed by atoms with van der Waals surface area (Å²) in [6.07, 6.45) is -3.45. The zero-order chi connectivity index (χ0) is 21.0. The smallest absolute Gasteiger partial charge is 0.453 e. The Morgan fingerprint density at radius 2 is 1.97 bits per heavy atom. The Bertz CT molecular complexity index is 1080. The Labute approximate surface area is 173 Å². The van der Waals surface area contributed by atoms with Crippen LogP contribution in [0.1, 0.15) is 17.0 Å². The van der Waals surface area contributed by atoms with Gasteiger partial charge in [-0.05, 0) is 60.2 Å². The van der Waals surface area contributed by atoms with E-state index in [-0.39, 0.29) is 11.4 Å². The van der Waals surface area contributed by atoms with Gasteiger partial charge in [-0.3, -0.25) is 0 Å². The molecule has 0 bridgehead atoms. The van der Waals surface area contributed by atoms with Crippen LogP contribution in [-0.2, 0) is 12.8 Å². The van der Waals surface area contributed by atoms with Gasteiger partial charge in [-0.25, -0.2) is 5.10 Å². The van der Waals surface area contributed by atoms with Gasteiger partial charge in [0.15, 0.2) is 0 Å². The van der Waals surface area contributed by atoms with E-state index in [0.29, 0.717) is 32.3 Å².